The number of rotatable bonds is 3. The van der Waals surface area contributed by atoms with Gasteiger partial charge < -0.3 is 15.2 Å². The van der Waals surface area contributed by atoms with Crippen LogP contribution in [0.15, 0.2) is 39.3 Å². The average Bonchev–Trinajstić information content (AvgIpc) is 2.36. The minimum atomic E-state index is 0.704. The summed E-state index contributed by atoms with van der Waals surface area (Å²) >= 11 is 9.09. The van der Waals surface area contributed by atoms with Gasteiger partial charge in [0, 0.05) is 5.69 Å². The first-order valence-corrected chi connectivity index (χ1v) is 7.93. The molecule has 0 unspecified atom stereocenters. The van der Waals surface area contributed by atoms with Crippen LogP contribution in [0.3, 0.4) is 0 Å². The molecule has 0 fully saturated rings. The second-order valence-corrected chi connectivity index (χ2v) is 6.58. The Hall–Kier alpha value is -0.470. The van der Waals surface area contributed by atoms with Crippen LogP contribution in [0.5, 0.6) is 17.2 Å². The molecular weight excluding hydrogens is 489 g/mol. The van der Waals surface area contributed by atoms with Gasteiger partial charge in [-0.25, -0.2) is 0 Å². The van der Waals surface area contributed by atoms with Gasteiger partial charge in [-0.2, -0.15) is 0 Å². The van der Waals surface area contributed by atoms with Crippen molar-refractivity contribution < 1.29 is 9.47 Å². The molecule has 2 aromatic rings. The molecule has 0 aliphatic rings. The molecule has 2 aromatic carbocycles. The summed E-state index contributed by atoms with van der Waals surface area (Å²) in [6.07, 6.45) is 0. The molecule has 2 N–H and O–H groups in total. The molecule has 0 bridgehead atoms. The molecule has 0 aliphatic carbocycles. The molecular formula is C13H10Br2INO2. The Bertz CT molecular complexity index is 620. The lowest BCUT2D eigenvalue weighted by molar-refractivity contribution is 0.409. The van der Waals surface area contributed by atoms with Crippen LogP contribution in [0, 0.1) is 3.57 Å². The molecule has 0 aliphatic heterocycles. The summed E-state index contributed by atoms with van der Waals surface area (Å²) in [5.41, 5.74) is 6.43. The van der Waals surface area contributed by atoms with Gasteiger partial charge in [0.25, 0.3) is 0 Å². The van der Waals surface area contributed by atoms with Crippen LogP contribution < -0.4 is 15.2 Å². The van der Waals surface area contributed by atoms with Gasteiger partial charge in [0.15, 0.2) is 0 Å². The summed E-state index contributed by atoms with van der Waals surface area (Å²) in [6.45, 7) is 0. The maximum atomic E-state index is 5.88. The molecule has 19 heavy (non-hydrogen) atoms. The fourth-order valence-corrected chi connectivity index (χ4v) is 3.00. The number of nitrogen functional groups attached to an aromatic ring is 1. The van der Waals surface area contributed by atoms with Crippen LogP contribution in [0.2, 0.25) is 0 Å². The first kappa shape index (κ1) is 14.9. The van der Waals surface area contributed by atoms with Gasteiger partial charge in [-0.3, -0.25) is 0 Å². The topological polar surface area (TPSA) is 44.5 Å². The first-order chi connectivity index (χ1) is 9.01. The van der Waals surface area contributed by atoms with Crippen molar-refractivity contribution in [2.24, 2.45) is 0 Å². The predicted octanol–water partition coefficient (Wildman–Crippen LogP) is 5.20. The van der Waals surface area contributed by atoms with Crippen LogP contribution in [0.4, 0.5) is 5.69 Å². The molecule has 0 atom stereocenters. The van der Waals surface area contributed by atoms with Gasteiger partial charge in [0.05, 0.1) is 19.6 Å². The largest absolute Gasteiger partial charge is 0.496 e. The Morgan fingerprint density at radius 2 is 1.63 bits per heavy atom. The van der Waals surface area contributed by atoms with E-state index in [0.29, 0.717) is 11.4 Å². The Morgan fingerprint density at radius 1 is 1.00 bits per heavy atom. The van der Waals surface area contributed by atoms with E-state index in [2.05, 4.69) is 54.5 Å². The van der Waals surface area contributed by atoms with E-state index >= 15 is 0 Å². The monoisotopic (exact) mass is 497 g/mol. The molecule has 3 nitrogen and oxygen atoms in total. The highest BCUT2D eigenvalue weighted by atomic mass is 127. The van der Waals surface area contributed by atoms with E-state index in [1.165, 1.54) is 0 Å². The quantitative estimate of drug-likeness (QED) is 0.467. The Labute approximate surface area is 141 Å². The number of benzene rings is 2. The Balaban J connectivity index is 2.35. The zero-order valence-corrected chi connectivity index (χ0v) is 15.2. The minimum absolute atomic E-state index is 0.704. The minimum Gasteiger partial charge on any atom is -0.496 e. The van der Waals surface area contributed by atoms with Crippen molar-refractivity contribution in [3.8, 4) is 17.2 Å². The van der Waals surface area contributed by atoms with E-state index in [0.717, 1.165) is 24.0 Å². The Kier molecular flexibility index (Phi) is 4.97. The van der Waals surface area contributed by atoms with E-state index in [9.17, 15) is 0 Å². The van der Waals surface area contributed by atoms with Crippen molar-refractivity contribution in [1.29, 1.82) is 0 Å². The summed E-state index contributed by atoms with van der Waals surface area (Å²) < 4.78 is 13.7. The molecule has 0 heterocycles. The summed E-state index contributed by atoms with van der Waals surface area (Å²) in [6, 6.07) is 9.23. The van der Waals surface area contributed by atoms with Crippen LogP contribution in [-0.4, -0.2) is 7.11 Å². The number of hydrogen-bond donors (Lipinski definition) is 1. The normalized spacial score (nSPS) is 10.3. The lowest BCUT2D eigenvalue weighted by atomic mass is 10.3. The summed E-state index contributed by atoms with van der Waals surface area (Å²) in [5.74, 6) is 2.20. The number of ether oxygens (including phenoxy) is 2. The molecule has 0 aromatic heterocycles. The summed E-state index contributed by atoms with van der Waals surface area (Å²) in [7, 11) is 1.62. The lowest BCUT2D eigenvalue weighted by Crippen LogP contribution is -1.92. The van der Waals surface area contributed by atoms with Crippen LogP contribution in [-0.2, 0) is 0 Å². The molecule has 0 amide bonds. The number of hydrogen-bond acceptors (Lipinski definition) is 3. The van der Waals surface area contributed by atoms with Gasteiger partial charge in [-0.1, -0.05) is 0 Å². The van der Waals surface area contributed by atoms with Gasteiger partial charge in [-0.05, 0) is 84.8 Å². The lowest BCUT2D eigenvalue weighted by Gasteiger charge is -2.12. The van der Waals surface area contributed by atoms with E-state index in [-0.39, 0.29) is 0 Å². The van der Waals surface area contributed by atoms with Crippen molar-refractivity contribution in [2.45, 2.75) is 0 Å². The highest BCUT2D eigenvalue weighted by Gasteiger charge is 2.10. The van der Waals surface area contributed by atoms with Crippen molar-refractivity contribution >= 4 is 60.1 Å². The molecule has 0 saturated heterocycles. The zero-order valence-electron chi connectivity index (χ0n) is 9.91. The molecule has 100 valence electrons. The highest BCUT2D eigenvalue weighted by molar-refractivity contribution is 14.1. The van der Waals surface area contributed by atoms with Crippen LogP contribution in [0.1, 0.15) is 0 Å². The SMILES string of the molecule is COc1cc(Br)c(Oc2ccc(N)cc2I)cc1Br. The summed E-state index contributed by atoms with van der Waals surface area (Å²) in [4.78, 5) is 0. The van der Waals surface area contributed by atoms with Crippen LogP contribution >= 0.6 is 54.5 Å². The van der Waals surface area contributed by atoms with Gasteiger partial charge in [0.2, 0.25) is 0 Å². The van der Waals surface area contributed by atoms with E-state index in [1.807, 2.05) is 30.3 Å². The number of methoxy groups -OCH3 is 1. The second kappa shape index (κ2) is 6.32. The zero-order chi connectivity index (χ0) is 14.0. The van der Waals surface area contributed by atoms with Crippen molar-refractivity contribution in [3.05, 3.63) is 42.8 Å². The standard InChI is InChI=1S/C13H10Br2INO2/c1-18-12-5-9(15)13(6-8(12)14)19-11-3-2-7(17)4-10(11)16/h2-6H,17H2,1H3. The third-order valence-electron chi connectivity index (χ3n) is 2.38. The van der Waals surface area contributed by atoms with E-state index < -0.39 is 0 Å². The fourth-order valence-electron chi connectivity index (χ4n) is 1.46. The van der Waals surface area contributed by atoms with Crippen molar-refractivity contribution in [2.75, 3.05) is 12.8 Å². The van der Waals surface area contributed by atoms with E-state index in [1.54, 1.807) is 7.11 Å². The molecule has 0 radical (unpaired) electrons. The number of anilines is 1. The smallest absolute Gasteiger partial charge is 0.143 e. The number of nitrogens with two attached hydrogens (primary N) is 1. The van der Waals surface area contributed by atoms with E-state index in [4.69, 9.17) is 15.2 Å². The highest BCUT2D eigenvalue weighted by Crippen LogP contribution is 2.39. The van der Waals surface area contributed by atoms with Crippen molar-refractivity contribution in [3.63, 3.8) is 0 Å². The molecule has 6 heteroatoms. The fraction of sp³-hybridized carbons (Fsp3) is 0.0769. The van der Waals surface area contributed by atoms with Gasteiger partial charge >= 0.3 is 0 Å². The maximum absolute atomic E-state index is 5.88. The average molecular weight is 499 g/mol. The molecule has 0 saturated carbocycles. The Morgan fingerprint density at radius 3 is 2.26 bits per heavy atom. The first-order valence-electron chi connectivity index (χ1n) is 5.27. The molecule has 2 rings (SSSR count). The molecule has 0 spiro atoms. The third-order valence-corrected chi connectivity index (χ3v) is 4.46. The van der Waals surface area contributed by atoms with Crippen LogP contribution in [0.25, 0.3) is 0 Å². The van der Waals surface area contributed by atoms with Crippen molar-refractivity contribution in [1.82, 2.24) is 0 Å². The maximum Gasteiger partial charge on any atom is 0.143 e. The van der Waals surface area contributed by atoms with Gasteiger partial charge in [0.1, 0.15) is 17.2 Å². The predicted molar refractivity (Wildman–Crippen MR) is 92.0 cm³/mol. The third kappa shape index (κ3) is 3.55. The van der Waals surface area contributed by atoms with Gasteiger partial charge in [-0.15, -0.1) is 0 Å². The second-order valence-electron chi connectivity index (χ2n) is 3.71. The summed E-state index contributed by atoms with van der Waals surface area (Å²) in [5, 5.41) is 0. The number of halogens is 3.